The van der Waals surface area contributed by atoms with E-state index in [-0.39, 0.29) is 12.3 Å². The number of oxazole rings is 1. The van der Waals surface area contributed by atoms with Gasteiger partial charge in [0.05, 0.1) is 24.8 Å². The summed E-state index contributed by atoms with van der Waals surface area (Å²) >= 11 is 1.58. The average Bonchev–Trinajstić information content (AvgIpc) is 3.25. The van der Waals surface area contributed by atoms with Crippen molar-refractivity contribution in [3.05, 3.63) is 58.1 Å². The summed E-state index contributed by atoms with van der Waals surface area (Å²) in [5, 5.41) is 7.01. The maximum Gasteiger partial charge on any atom is 0.227 e. The molecule has 2 heterocycles. The molecule has 0 aliphatic rings. The number of thiophene rings is 1. The molecular weight excluding hydrogens is 348 g/mol. The molecule has 1 amide bonds. The maximum atomic E-state index is 12.6. The number of ether oxygens (including phenoxy) is 1. The fourth-order valence-corrected chi connectivity index (χ4v) is 3.50. The molecule has 0 aliphatic heterocycles. The van der Waals surface area contributed by atoms with Crippen LogP contribution in [-0.4, -0.2) is 18.0 Å². The molecule has 5 nitrogen and oxygen atoms in total. The summed E-state index contributed by atoms with van der Waals surface area (Å²) in [6, 6.07) is 9.63. The van der Waals surface area contributed by atoms with Crippen LogP contribution in [0.3, 0.4) is 0 Å². The lowest BCUT2D eigenvalue weighted by Crippen LogP contribution is -2.42. The lowest BCUT2D eigenvalue weighted by atomic mass is 9.93. The van der Waals surface area contributed by atoms with Crippen LogP contribution in [0.15, 0.2) is 45.5 Å². The number of aryl methyl sites for hydroxylation is 1. The third-order valence-corrected chi connectivity index (χ3v) is 4.90. The van der Waals surface area contributed by atoms with E-state index in [2.05, 4.69) is 10.3 Å². The zero-order chi connectivity index (χ0) is 18.7. The van der Waals surface area contributed by atoms with Gasteiger partial charge in [0.1, 0.15) is 11.5 Å². The second-order valence-corrected chi connectivity index (χ2v) is 7.36. The summed E-state index contributed by atoms with van der Waals surface area (Å²) in [5.74, 6) is 1.84. The first kappa shape index (κ1) is 18.2. The minimum absolute atomic E-state index is 0.117. The van der Waals surface area contributed by atoms with Crippen molar-refractivity contribution < 1.29 is 13.9 Å². The van der Waals surface area contributed by atoms with Gasteiger partial charge in [0.2, 0.25) is 11.8 Å². The lowest BCUT2D eigenvalue weighted by molar-refractivity contribution is -0.122. The van der Waals surface area contributed by atoms with Crippen LogP contribution >= 0.6 is 11.3 Å². The number of rotatable bonds is 6. The minimum Gasteiger partial charge on any atom is -0.496 e. The molecular formula is C20H22N2O3S. The first-order chi connectivity index (χ1) is 12.4. The highest BCUT2D eigenvalue weighted by atomic mass is 32.1. The number of hydrogen-bond donors (Lipinski definition) is 1. The van der Waals surface area contributed by atoms with E-state index in [1.165, 1.54) is 0 Å². The van der Waals surface area contributed by atoms with Crippen molar-refractivity contribution in [1.82, 2.24) is 10.3 Å². The molecule has 0 aliphatic carbocycles. The topological polar surface area (TPSA) is 64.4 Å². The maximum absolute atomic E-state index is 12.6. The molecule has 0 saturated carbocycles. The number of hydrogen-bond acceptors (Lipinski definition) is 5. The molecule has 0 atom stereocenters. The number of amides is 1. The van der Waals surface area contributed by atoms with Crippen LogP contribution in [0.25, 0.3) is 11.5 Å². The van der Waals surface area contributed by atoms with Gasteiger partial charge in [-0.2, -0.15) is 11.3 Å². The Labute approximate surface area is 157 Å². The highest BCUT2D eigenvalue weighted by Gasteiger charge is 2.27. The van der Waals surface area contributed by atoms with E-state index in [0.717, 1.165) is 16.9 Å². The SMILES string of the molecule is COc1ccccc1C(C)(C)NC(=O)Cc1nc(-c2ccsc2)oc1C. The molecule has 0 bridgehead atoms. The normalized spacial score (nSPS) is 11.4. The van der Waals surface area contributed by atoms with E-state index in [9.17, 15) is 4.79 Å². The summed E-state index contributed by atoms with van der Waals surface area (Å²) in [5.41, 5.74) is 1.93. The fraction of sp³-hybridized carbons (Fsp3) is 0.300. The minimum atomic E-state index is -0.572. The molecule has 6 heteroatoms. The zero-order valence-electron chi connectivity index (χ0n) is 15.3. The molecule has 0 unspecified atom stereocenters. The van der Waals surface area contributed by atoms with Crippen molar-refractivity contribution in [2.75, 3.05) is 7.11 Å². The van der Waals surface area contributed by atoms with Crippen LogP contribution in [-0.2, 0) is 16.8 Å². The lowest BCUT2D eigenvalue weighted by Gasteiger charge is -2.28. The van der Waals surface area contributed by atoms with E-state index in [4.69, 9.17) is 9.15 Å². The standard InChI is InChI=1S/C20H22N2O3S/c1-13-16(21-19(25-13)14-9-10-26-12-14)11-18(23)22-20(2,3)15-7-5-6-8-17(15)24-4/h5-10,12H,11H2,1-4H3,(H,22,23). The van der Waals surface area contributed by atoms with Crippen molar-refractivity contribution in [2.45, 2.75) is 32.7 Å². The summed E-state index contributed by atoms with van der Waals surface area (Å²) in [7, 11) is 1.63. The third kappa shape index (κ3) is 3.80. The van der Waals surface area contributed by atoms with Crippen LogP contribution in [0.1, 0.15) is 30.9 Å². The van der Waals surface area contributed by atoms with Crippen molar-refractivity contribution in [2.24, 2.45) is 0 Å². The largest absolute Gasteiger partial charge is 0.496 e. The Balaban J connectivity index is 1.74. The number of benzene rings is 1. The molecule has 26 heavy (non-hydrogen) atoms. The Kier molecular flexibility index (Phi) is 5.13. The Hall–Kier alpha value is -2.60. The number of nitrogens with zero attached hydrogens (tertiary/aromatic N) is 1. The number of carbonyl (C=O) groups excluding carboxylic acids is 1. The van der Waals surface area contributed by atoms with Gasteiger partial charge in [0.15, 0.2) is 0 Å². The molecule has 0 spiro atoms. The Morgan fingerprint density at radius 1 is 1.31 bits per heavy atom. The molecule has 3 aromatic rings. The van der Waals surface area contributed by atoms with Crippen molar-refractivity contribution in [1.29, 1.82) is 0 Å². The van der Waals surface area contributed by atoms with Gasteiger partial charge in [-0.3, -0.25) is 4.79 Å². The van der Waals surface area contributed by atoms with Gasteiger partial charge in [-0.05, 0) is 38.3 Å². The van der Waals surface area contributed by atoms with Gasteiger partial charge in [0, 0.05) is 16.5 Å². The average molecular weight is 370 g/mol. The molecule has 1 N–H and O–H groups in total. The Bertz CT molecular complexity index is 898. The van der Waals surface area contributed by atoms with E-state index in [0.29, 0.717) is 17.3 Å². The van der Waals surface area contributed by atoms with Crippen molar-refractivity contribution in [3.8, 4) is 17.2 Å². The fourth-order valence-electron chi connectivity index (χ4n) is 2.87. The molecule has 0 saturated heterocycles. The van der Waals surface area contributed by atoms with Gasteiger partial charge < -0.3 is 14.5 Å². The summed E-state index contributed by atoms with van der Waals surface area (Å²) in [4.78, 5) is 17.1. The molecule has 0 fully saturated rings. The third-order valence-electron chi connectivity index (χ3n) is 4.22. The number of nitrogens with one attached hydrogen (secondary N) is 1. The number of carbonyl (C=O) groups is 1. The first-order valence-electron chi connectivity index (χ1n) is 8.34. The van der Waals surface area contributed by atoms with Crippen molar-refractivity contribution >= 4 is 17.2 Å². The van der Waals surface area contributed by atoms with Crippen LogP contribution in [0.5, 0.6) is 5.75 Å². The van der Waals surface area contributed by atoms with Crippen LogP contribution in [0, 0.1) is 6.92 Å². The van der Waals surface area contributed by atoms with Gasteiger partial charge in [-0.15, -0.1) is 0 Å². The molecule has 1 aromatic carbocycles. The highest BCUT2D eigenvalue weighted by molar-refractivity contribution is 7.08. The quantitative estimate of drug-likeness (QED) is 0.702. The van der Waals surface area contributed by atoms with Crippen LogP contribution in [0.4, 0.5) is 0 Å². The molecule has 136 valence electrons. The number of aromatic nitrogens is 1. The smallest absolute Gasteiger partial charge is 0.227 e. The monoisotopic (exact) mass is 370 g/mol. The molecule has 2 aromatic heterocycles. The Morgan fingerprint density at radius 2 is 2.08 bits per heavy atom. The highest BCUT2D eigenvalue weighted by Crippen LogP contribution is 2.29. The Morgan fingerprint density at radius 3 is 2.77 bits per heavy atom. The van der Waals surface area contributed by atoms with Gasteiger partial charge in [0.25, 0.3) is 0 Å². The van der Waals surface area contributed by atoms with E-state index in [1.807, 2.05) is 61.9 Å². The molecule has 0 radical (unpaired) electrons. The van der Waals surface area contributed by atoms with Gasteiger partial charge in [-0.25, -0.2) is 4.98 Å². The summed E-state index contributed by atoms with van der Waals surface area (Å²) < 4.78 is 11.1. The number of methoxy groups -OCH3 is 1. The predicted octanol–water partition coefficient (Wildman–Crippen LogP) is 4.31. The second-order valence-electron chi connectivity index (χ2n) is 6.58. The summed E-state index contributed by atoms with van der Waals surface area (Å²) in [6.07, 6.45) is 0.165. The van der Waals surface area contributed by atoms with Crippen LogP contribution in [0.2, 0.25) is 0 Å². The second kappa shape index (κ2) is 7.33. The summed E-state index contributed by atoms with van der Waals surface area (Å²) in [6.45, 7) is 5.74. The predicted molar refractivity (Wildman–Crippen MR) is 102 cm³/mol. The number of para-hydroxylation sites is 1. The first-order valence-corrected chi connectivity index (χ1v) is 9.28. The van der Waals surface area contributed by atoms with Crippen LogP contribution < -0.4 is 10.1 Å². The van der Waals surface area contributed by atoms with E-state index < -0.39 is 5.54 Å². The zero-order valence-corrected chi connectivity index (χ0v) is 16.1. The van der Waals surface area contributed by atoms with E-state index >= 15 is 0 Å². The van der Waals surface area contributed by atoms with Crippen molar-refractivity contribution in [3.63, 3.8) is 0 Å². The van der Waals surface area contributed by atoms with Gasteiger partial charge >= 0.3 is 0 Å². The van der Waals surface area contributed by atoms with Gasteiger partial charge in [-0.1, -0.05) is 18.2 Å². The van der Waals surface area contributed by atoms with E-state index in [1.54, 1.807) is 18.4 Å². The molecule has 3 rings (SSSR count).